The molecule has 0 atom stereocenters. The standard InChI is InChI=1S/C21H27N3O2/c1-21(2,3)24-20(26)17-10-7-11-18(14-17)23-19(25)15-22-13-12-16-8-5-4-6-9-16/h4-11,14,22H,12-13,15H2,1-3H3,(H,23,25)(H,24,26). The topological polar surface area (TPSA) is 70.2 Å². The van der Waals surface area contributed by atoms with Crippen LogP contribution in [0.4, 0.5) is 5.69 Å². The van der Waals surface area contributed by atoms with E-state index in [-0.39, 0.29) is 23.9 Å². The first kappa shape index (κ1) is 19.7. The summed E-state index contributed by atoms with van der Waals surface area (Å²) in [5.74, 6) is -0.291. The highest BCUT2D eigenvalue weighted by Crippen LogP contribution is 2.12. The third kappa shape index (κ3) is 7.07. The van der Waals surface area contributed by atoms with Gasteiger partial charge in [0.25, 0.3) is 5.91 Å². The lowest BCUT2D eigenvalue weighted by atomic mass is 10.1. The second-order valence-electron chi connectivity index (χ2n) is 7.25. The van der Waals surface area contributed by atoms with Gasteiger partial charge in [-0.15, -0.1) is 0 Å². The van der Waals surface area contributed by atoms with Crippen molar-refractivity contribution in [3.63, 3.8) is 0 Å². The van der Waals surface area contributed by atoms with E-state index in [1.54, 1.807) is 24.3 Å². The number of carbonyl (C=O) groups excluding carboxylic acids is 2. The molecule has 0 radical (unpaired) electrons. The van der Waals surface area contributed by atoms with Gasteiger partial charge in [0.15, 0.2) is 0 Å². The Morgan fingerprint density at radius 1 is 0.962 bits per heavy atom. The summed E-state index contributed by atoms with van der Waals surface area (Å²) in [5, 5.41) is 8.86. The Morgan fingerprint density at radius 2 is 1.69 bits per heavy atom. The molecule has 2 amide bonds. The Balaban J connectivity index is 1.79. The molecule has 0 aliphatic carbocycles. The number of carbonyl (C=O) groups is 2. The van der Waals surface area contributed by atoms with Crippen molar-refractivity contribution in [2.45, 2.75) is 32.7 Å². The Labute approximate surface area is 155 Å². The van der Waals surface area contributed by atoms with Crippen LogP contribution in [0, 0.1) is 0 Å². The first-order valence-electron chi connectivity index (χ1n) is 8.80. The van der Waals surface area contributed by atoms with Crippen molar-refractivity contribution in [1.29, 1.82) is 0 Å². The van der Waals surface area contributed by atoms with Crippen molar-refractivity contribution < 1.29 is 9.59 Å². The van der Waals surface area contributed by atoms with Crippen LogP contribution >= 0.6 is 0 Å². The smallest absolute Gasteiger partial charge is 0.251 e. The molecule has 0 aliphatic rings. The van der Waals surface area contributed by atoms with Gasteiger partial charge >= 0.3 is 0 Å². The predicted octanol–water partition coefficient (Wildman–Crippen LogP) is 2.99. The molecule has 0 unspecified atom stereocenters. The first-order valence-corrected chi connectivity index (χ1v) is 8.80. The lowest BCUT2D eigenvalue weighted by Crippen LogP contribution is -2.40. The van der Waals surface area contributed by atoms with Gasteiger partial charge in [0.1, 0.15) is 0 Å². The van der Waals surface area contributed by atoms with Crippen LogP contribution in [0.15, 0.2) is 54.6 Å². The highest BCUT2D eigenvalue weighted by Gasteiger charge is 2.15. The van der Waals surface area contributed by atoms with Gasteiger partial charge in [-0.2, -0.15) is 0 Å². The SMILES string of the molecule is CC(C)(C)NC(=O)c1cccc(NC(=O)CNCCc2ccccc2)c1. The van der Waals surface area contributed by atoms with Crippen LogP contribution in [0.3, 0.4) is 0 Å². The van der Waals surface area contributed by atoms with Crippen LogP contribution in [-0.2, 0) is 11.2 Å². The number of hydrogen-bond acceptors (Lipinski definition) is 3. The van der Waals surface area contributed by atoms with E-state index in [1.165, 1.54) is 5.56 Å². The summed E-state index contributed by atoms with van der Waals surface area (Å²) in [7, 11) is 0. The van der Waals surface area contributed by atoms with Crippen molar-refractivity contribution in [1.82, 2.24) is 10.6 Å². The largest absolute Gasteiger partial charge is 0.347 e. The molecule has 2 aromatic rings. The number of nitrogens with one attached hydrogen (secondary N) is 3. The van der Waals surface area contributed by atoms with Crippen molar-refractivity contribution >= 4 is 17.5 Å². The summed E-state index contributed by atoms with van der Waals surface area (Å²) < 4.78 is 0. The second kappa shape index (κ2) is 9.15. The molecular formula is C21H27N3O2. The number of benzene rings is 2. The maximum atomic E-state index is 12.2. The van der Waals surface area contributed by atoms with E-state index < -0.39 is 0 Å². The Hall–Kier alpha value is -2.66. The molecule has 2 aromatic carbocycles. The summed E-state index contributed by atoms with van der Waals surface area (Å²) in [6.45, 7) is 6.74. The van der Waals surface area contributed by atoms with Crippen LogP contribution in [0.1, 0.15) is 36.7 Å². The Bertz CT molecular complexity index is 736. The molecule has 0 aromatic heterocycles. The Kier molecular flexibility index (Phi) is 6.92. The Morgan fingerprint density at radius 3 is 2.38 bits per heavy atom. The van der Waals surface area contributed by atoms with E-state index in [0.29, 0.717) is 11.3 Å². The average Bonchev–Trinajstić information content (AvgIpc) is 2.58. The van der Waals surface area contributed by atoms with Crippen molar-refractivity contribution in [3.05, 3.63) is 65.7 Å². The molecule has 138 valence electrons. The van der Waals surface area contributed by atoms with E-state index in [4.69, 9.17) is 0 Å². The minimum Gasteiger partial charge on any atom is -0.347 e. The summed E-state index contributed by atoms with van der Waals surface area (Å²) in [6, 6.07) is 17.1. The molecule has 0 saturated heterocycles. The van der Waals surface area contributed by atoms with E-state index in [9.17, 15) is 9.59 Å². The zero-order valence-electron chi connectivity index (χ0n) is 15.6. The molecule has 0 saturated carbocycles. The van der Waals surface area contributed by atoms with E-state index in [0.717, 1.165) is 13.0 Å². The zero-order chi connectivity index (χ0) is 19.0. The molecule has 0 heterocycles. The lowest BCUT2D eigenvalue weighted by molar-refractivity contribution is -0.115. The normalized spacial score (nSPS) is 11.0. The summed E-state index contributed by atoms with van der Waals surface area (Å²) >= 11 is 0. The molecule has 2 rings (SSSR count). The molecule has 5 heteroatoms. The van der Waals surface area contributed by atoms with Gasteiger partial charge < -0.3 is 16.0 Å². The molecule has 0 spiro atoms. The van der Waals surface area contributed by atoms with Crippen LogP contribution in [-0.4, -0.2) is 30.4 Å². The molecule has 3 N–H and O–H groups in total. The fourth-order valence-electron chi connectivity index (χ4n) is 2.44. The zero-order valence-corrected chi connectivity index (χ0v) is 15.6. The molecule has 26 heavy (non-hydrogen) atoms. The fraction of sp³-hybridized carbons (Fsp3) is 0.333. The van der Waals surface area contributed by atoms with Crippen LogP contribution in [0.2, 0.25) is 0 Å². The van der Waals surface area contributed by atoms with Crippen LogP contribution < -0.4 is 16.0 Å². The van der Waals surface area contributed by atoms with Crippen molar-refractivity contribution in [3.8, 4) is 0 Å². The van der Waals surface area contributed by atoms with E-state index in [1.807, 2.05) is 39.0 Å². The summed E-state index contributed by atoms with van der Waals surface area (Å²) in [4.78, 5) is 24.3. The van der Waals surface area contributed by atoms with Crippen molar-refractivity contribution in [2.75, 3.05) is 18.4 Å². The number of hydrogen-bond donors (Lipinski definition) is 3. The molecular weight excluding hydrogens is 326 g/mol. The highest BCUT2D eigenvalue weighted by atomic mass is 16.2. The maximum absolute atomic E-state index is 12.2. The van der Waals surface area contributed by atoms with E-state index in [2.05, 4.69) is 28.1 Å². The molecule has 0 aliphatic heterocycles. The predicted molar refractivity (Wildman–Crippen MR) is 105 cm³/mol. The lowest BCUT2D eigenvalue weighted by Gasteiger charge is -2.20. The van der Waals surface area contributed by atoms with Gasteiger partial charge in [0, 0.05) is 16.8 Å². The summed E-state index contributed by atoms with van der Waals surface area (Å²) in [6.07, 6.45) is 0.872. The highest BCUT2D eigenvalue weighted by molar-refractivity contribution is 5.97. The van der Waals surface area contributed by atoms with Gasteiger partial charge in [0.2, 0.25) is 5.91 Å². The third-order valence-electron chi connectivity index (χ3n) is 3.62. The van der Waals surface area contributed by atoms with Gasteiger partial charge in [-0.05, 0) is 57.5 Å². The maximum Gasteiger partial charge on any atom is 0.251 e. The number of anilines is 1. The quantitative estimate of drug-likeness (QED) is 0.670. The van der Waals surface area contributed by atoms with Crippen LogP contribution in [0.25, 0.3) is 0 Å². The van der Waals surface area contributed by atoms with Crippen LogP contribution in [0.5, 0.6) is 0 Å². The second-order valence-corrected chi connectivity index (χ2v) is 7.25. The molecule has 0 fully saturated rings. The van der Waals surface area contributed by atoms with Gasteiger partial charge in [0.05, 0.1) is 6.54 Å². The van der Waals surface area contributed by atoms with E-state index >= 15 is 0 Å². The molecule has 5 nitrogen and oxygen atoms in total. The fourth-order valence-corrected chi connectivity index (χ4v) is 2.44. The first-order chi connectivity index (χ1) is 12.3. The number of rotatable bonds is 7. The van der Waals surface area contributed by atoms with Gasteiger partial charge in [-0.1, -0.05) is 36.4 Å². The third-order valence-corrected chi connectivity index (χ3v) is 3.62. The van der Waals surface area contributed by atoms with Gasteiger partial charge in [-0.3, -0.25) is 9.59 Å². The minimum absolute atomic E-state index is 0.133. The van der Waals surface area contributed by atoms with Gasteiger partial charge in [-0.25, -0.2) is 0 Å². The summed E-state index contributed by atoms with van der Waals surface area (Å²) in [5.41, 5.74) is 2.06. The van der Waals surface area contributed by atoms with Crippen molar-refractivity contribution in [2.24, 2.45) is 0 Å². The minimum atomic E-state index is -0.307. The monoisotopic (exact) mass is 353 g/mol. The number of amides is 2. The molecule has 0 bridgehead atoms. The average molecular weight is 353 g/mol.